The van der Waals surface area contributed by atoms with Gasteiger partial charge in [0.15, 0.2) is 6.61 Å². The van der Waals surface area contributed by atoms with Gasteiger partial charge in [-0.3, -0.25) is 24.1 Å². The number of imide groups is 1. The Hall–Kier alpha value is -2.22. The van der Waals surface area contributed by atoms with E-state index >= 15 is 0 Å². The molecule has 1 atom stereocenters. The zero-order valence-corrected chi connectivity index (χ0v) is 13.9. The molecule has 2 aliphatic heterocycles. The number of esters is 1. The minimum Gasteiger partial charge on any atom is -0.454 e. The van der Waals surface area contributed by atoms with Gasteiger partial charge in [0.25, 0.3) is 5.91 Å². The van der Waals surface area contributed by atoms with Gasteiger partial charge in [-0.15, -0.1) is 11.3 Å². The molecular formula is C16H18N2O5S. The van der Waals surface area contributed by atoms with Crippen molar-refractivity contribution < 1.29 is 23.9 Å². The van der Waals surface area contributed by atoms with E-state index < -0.39 is 12.5 Å². The van der Waals surface area contributed by atoms with Crippen LogP contribution in [0.1, 0.15) is 36.6 Å². The van der Waals surface area contributed by atoms with Crippen molar-refractivity contribution in [1.29, 1.82) is 0 Å². The van der Waals surface area contributed by atoms with Crippen molar-refractivity contribution in [2.45, 2.75) is 31.7 Å². The summed E-state index contributed by atoms with van der Waals surface area (Å²) in [4.78, 5) is 50.8. The minimum atomic E-state index is -0.737. The van der Waals surface area contributed by atoms with Gasteiger partial charge in [-0.25, -0.2) is 0 Å². The second-order valence-corrected chi connectivity index (χ2v) is 6.77. The Morgan fingerprint density at radius 3 is 2.67 bits per heavy atom. The SMILES string of the molecule is O=C(CN1C(=O)CCC1=O)OCC(=O)N1CCCC1c1cccs1. The van der Waals surface area contributed by atoms with Crippen LogP contribution >= 0.6 is 11.3 Å². The molecule has 3 heterocycles. The van der Waals surface area contributed by atoms with Crippen molar-refractivity contribution in [3.05, 3.63) is 22.4 Å². The van der Waals surface area contributed by atoms with E-state index in [1.165, 1.54) is 0 Å². The topological polar surface area (TPSA) is 84.0 Å². The fraction of sp³-hybridized carbons (Fsp3) is 0.500. The van der Waals surface area contributed by atoms with Crippen LogP contribution in [0.2, 0.25) is 0 Å². The van der Waals surface area contributed by atoms with Crippen molar-refractivity contribution in [3.8, 4) is 0 Å². The Labute approximate surface area is 143 Å². The van der Waals surface area contributed by atoms with E-state index in [1.807, 2.05) is 17.5 Å². The largest absolute Gasteiger partial charge is 0.454 e. The Morgan fingerprint density at radius 1 is 1.25 bits per heavy atom. The van der Waals surface area contributed by atoms with E-state index in [1.54, 1.807) is 16.2 Å². The van der Waals surface area contributed by atoms with Crippen LogP contribution in [0.4, 0.5) is 0 Å². The number of amides is 3. The molecule has 1 aromatic heterocycles. The second kappa shape index (κ2) is 7.12. The quantitative estimate of drug-likeness (QED) is 0.587. The molecule has 0 saturated carbocycles. The highest BCUT2D eigenvalue weighted by atomic mass is 32.1. The molecule has 3 amide bonds. The molecular weight excluding hydrogens is 332 g/mol. The van der Waals surface area contributed by atoms with Crippen LogP contribution in [0.5, 0.6) is 0 Å². The van der Waals surface area contributed by atoms with Crippen LogP contribution in [-0.2, 0) is 23.9 Å². The fourth-order valence-corrected chi connectivity index (χ4v) is 3.91. The lowest BCUT2D eigenvalue weighted by atomic mass is 10.2. The second-order valence-electron chi connectivity index (χ2n) is 5.79. The van der Waals surface area contributed by atoms with Gasteiger partial charge in [-0.1, -0.05) is 6.07 Å². The molecule has 3 rings (SSSR count). The molecule has 7 nitrogen and oxygen atoms in total. The van der Waals surface area contributed by atoms with E-state index in [9.17, 15) is 19.2 Å². The van der Waals surface area contributed by atoms with Gasteiger partial charge in [0.05, 0.1) is 6.04 Å². The molecule has 0 spiro atoms. The van der Waals surface area contributed by atoms with E-state index in [0.717, 1.165) is 22.6 Å². The number of nitrogens with zero attached hydrogens (tertiary/aromatic N) is 2. The van der Waals surface area contributed by atoms with Crippen LogP contribution in [0, 0.1) is 0 Å². The number of carbonyl (C=O) groups is 4. The van der Waals surface area contributed by atoms with Crippen LogP contribution in [0.25, 0.3) is 0 Å². The molecule has 0 aromatic carbocycles. The summed E-state index contributed by atoms with van der Waals surface area (Å²) in [5, 5.41) is 1.97. The summed E-state index contributed by atoms with van der Waals surface area (Å²) in [7, 11) is 0. The molecule has 2 fully saturated rings. The maximum atomic E-state index is 12.3. The predicted octanol–water partition coefficient (Wildman–Crippen LogP) is 1.10. The number of carbonyl (C=O) groups excluding carboxylic acids is 4. The monoisotopic (exact) mass is 350 g/mol. The summed E-state index contributed by atoms with van der Waals surface area (Å²) < 4.78 is 4.97. The molecule has 1 aromatic rings. The van der Waals surface area contributed by atoms with Crippen molar-refractivity contribution in [1.82, 2.24) is 9.80 Å². The van der Waals surface area contributed by atoms with Gasteiger partial charge >= 0.3 is 5.97 Å². The smallest absolute Gasteiger partial charge is 0.326 e. The molecule has 128 valence electrons. The molecule has 2 aliphatic rings. The number of rotatable bonds is 5. The summed E-state index contributed by atoms with van der Waals surface area (Å²) in [6.07, 6.45) is 2.07. The molecule has 8 heteroatoms. The number of hydrogen-bond acceptors (Lipinski definition) is 6. The van der Waals surface area contributed by atoms with Gasteiger partial charge < -0.3 is 9.64 Å². The Bertz CT molecular complexity index is 641. The third kappa shape index (κ3) is 3.48. The zero-order valence-electron chi connectivity index (χ0n) is 13.1. The molecule has 0 aliphatic carbocycles. The van der Waals surface area contributed by atoms with Gasteiger partial charge in [0.2, 0.25) is 11.8 Å². The first-order chi connectivity index (χ1) is 11.6. The van der Waals surface area contributed by atoms with E-state index in [2.05, 4.69) is 0 Å². The predicted molar refractivity (Wildman–Crippen MR) is 84.9 cm³/mol. The first kappa shape index (κ1) is 16.6. The summed E-state index contributed by atoms with van der Waals surface area (Å²) in [6, 6.07) is 3.99. The normalized spacial score (nSPS) is 20.8. The fourth-order valence-electron chi connectivity index (χ4n) is 3.04. The lowest BCUT2D eigenvalue weighted by Gasteiger charge is -2.23. The van der Waals surface area contributed by atoms with Crippen LogP contribution in [0.3, 0.4) is 0 Å². The molecule has 2 saturated heterocycles. The summed E-state index contributed by atoms with van der Waals surface area (Å²) in [5.41, 5.74) is 0. The molecule has 1 unspecified atom stereocenters. The van der Waals surface area contributed by atoms with E-state index in [0.29, 0.717) is 6.54 Å². The van der Waals surface area contributed by atoms with Crippen molar-refractivity contribution in [2.24, 2.45) is 0 Å². The van der Waals surface area contributed by atoms with Gasteiger partial charge in [0.1, 0.15) is 6.54 Å². The first-order valence-electron chi connectivity index (χ1n) is 7.88. The van der Waals surface area contributed by atoms with E-state index in [4.69, 9.17) is 4.74 Å². The lowest BCUT2D eigenvalue weighted by molar-refractivity contribution is -0.156. The Kier molecular flexibility index (Phi) is 4.94. The molecule has 0 bridgehead atoms. The maximum Gasteiger partial charge on any atom is 0.326 e. The highest BCUT2D eigenvalue weighted by Crippen LogP contribution is 2.34. The number of thiophene rings is 1. The van der Waals surface area contributed by atoms with Crippen LogP contribution in [-0.4, -0.2) is 53.2 Å². The molecule has 24 heavy (non-hydrogen) atoms. The Morgan fingerprint density at radius 2 is 2.00 bits per heavy atom. The number of ether oxygens (including phenoxy) is 1. The Balaban J connectivity index is 1.51. The summed E-state index contributed by atoms with van der Waals surface area (Å²) in [5.74, 6) is -1.74. The minimum absolute atomic E-state index is 0.0398. The summed E-state index contributed by atoms with van der Waals surface area (Å²) in [6.45, 7) is -0.141. The average Bonchev–Trinajstić information content (AvgIpc) is 3.29. The highest BCUT2D eigenvalue weighted by molar-refractivity contribution is 7.10. The maximum absolute atomic E-state index is 12.3. The number of hydrogen-bond donors (Lipinski definition) is 0. The number of likely N-dealkylation sites (tertiary alicyclic amines) is 2. The van der Waals surface area contributed by atoms with Crippen LogP contribution < -0.4 is 0 Å². The van der Waals surface area contributed by atoms with Crippen LogP contribution in [0.15, 0.2) is 17.5 Å². The lowest BCUT2D eigenvalue weighted by Crippen LogP contribution is -2.38. The van der Waals surface area contributed by atoms with Crippen molar-refractivity contribution in [3.63, 3.8) is 0 Å². The van der Waals surface area contributed by atoms with Crippen molar-refractivity contribution in [2.75, 3.05) is 19.7 Å². The third-order valence-electron chi connectivity index (χ3n) is 4.24. The zero-order chi connectivity index (χ0) is 17.1. The van der Waals surface area contributed by atoms with Gasteiger partial charge in [-0.05, 0) is 24.3 Å². The third-order valence-corrected chi connectivity index (χ3v) is 5.22. The highest BCUT2D eigenvalue weighted by Gasteiger charge is 2.33. The van der Waals surface area contributed by atoms with Gasteiger partial charge in [0, 0.05) is 24.3 Å². The molecule has 0 radical (unpaired) electrons. The molecule has 0 N–H and O–H groups in total. The van der Waals surface area contributed by atoms with Gasteiger partial charge in [-0.2, -0.15) is 0 Å². The average molecular weight is 350 g/mol. The van der Waals surface area contributed by atoms with Crippen molar-refractivity contribution >= 4 is 35.0 Å². The standard InChI is InChI=1S/C16H18N2O5S/c19-13-5-6-14(20)18(13)9-16(22)23-10-15(21)17-7-1-3-11(17)12-4-2-8-24-12/h2,4,8,11H,1,3,5-7,9-10H2. The summed E-state index contributed by atoms with van der Waals surface area (Å²) >= 11 is 1.60. The van der Waals surface area contributed by atoms with E-state index in [-0.39, 0.29) is 43.2 Å². The first-order valence-corrected chi connectivity index (χ1v) is 8.76.